The molecule has 3 aliphatic rings. The number of aliphatic hydroxyl groups excluding tert-OH is 3. The van der Waals surface area contributed by atoms with Gasteiger partial charge in [-0.1, -0.05) is 12.2 Å². The fourth-order valence-electron chi connectivity index (χ4n) is 3.81. The molecule has 0 amide bonds. The third-order valence-electron chi connectivity index (χ3n) is 5.67. The second-order valence-electron chi connectivity index (χ2n) is 9.16. The van der Waals surface area contributed by atoms with Gasteiger partial charge in [0.25, 0.3) is 0 Å². The number of aliphatic hydroxyl groups is 3. The Hall–Kier alpha value is 0.120. The Balaban J connectivity index is 1.76. The van der Waals surface area contributed by atoms with Crippen LogP contribution < -0.4 is 4.72 Å². The Morgan fingerprint density at radius 3 is 2.43 bits per heavy atom. The molecule has 0 aromatic rings. The van der Waals surface area contributed by atoms with Crippen molar-refractivity contribution in [2.75, 3.05) is 32.8 Å². The highest BCUT2D eigenvalue weighted by Crippen LogP contribution is 2.35. The summed E-state index contributed by atoms with van der Waals surface area (Å²) in [6.45, 7) is 9.66. The number of morpholine rings is 1. The first-order chi connectivity index (χ1) is 14.2. The molecule has 0 spiro atoms. The Kier molecular flexibility index (Phi) is 8.93. The minimum Gasteiger partial charge on any atom is -0.598 e. The summed E-state index contributed by atoms with van der Waals surface area (Å²) in [5, 5.41) is 31.9. The van der Waals surface area contributed by atoms with Gasteiger partial charge in [0, 0.05) is 36.2 Å². The largest absolute Gasteiger partial charge is 0.598 e. The van der Waals surface area contributed by atoms with Crippen molar-refractivity contribution in [3.63, 3.8) is 0 Å². The van der Waals surface area contributed by atoms with E-state index in [-0.39, 0.29) is 5.25 Å². The maximum absolute atomic E-state index is 12.7. The first-order valence-corrected chi connectivity index (χ1v) is 12.7. The quantitative estimate of drug-likeness (QED) is 0.337. The SMILES string of the molecule is CC(C)(C)[S+]([O-])N[C@@H]1CC=CC[C@@H](CN2CCOCC2)S[C@H]2O[C@H]1[C@H](O)[C@H](O)[C@H]2O. The van der Waals surface area contributed by atoms with Crippen LogP contribution in [-0.2, 0) is 20.8 Å². The van der Waals surface area contributed by atoms with Gasteiger partial charge in [-0.2, -0.15) is 0 Å². The van der Waals surface area contributed by atoms with Gasteiger partial charge in [0.1, 0.15) is 34.6 Å². The summed E-state index contributed by atoms with van der Waals surface area (Å²) in [5.41, 5.74) is -0.668. The Bertz CT molecular complexity index is 572. The molecule has 1 unspecified atom stereocenters. The molecule has 8 nitrogen and oxygen atoms in total. The molecule has 30 heavy (non-hydrogen) atoms. The number of fused-ring (bicyclic) bond motifs is 2. The standard InChI is InChI=1S/C20H36N2O6S2/c1-20(2,3)30(26)21-14-7-5-4-6-13(12-22-8-10-27-11-9-22)29-19-17(25)15(23)16(24)18(14)28-19/h4-5,13-19,21,23-25H,6-12H2,1-3H3/t13-,14+,15-,16+,17+,18+,19+,30?/m0/s1. The molecule has 4 N–H and O–H groups in total. The zero-order valence-electron chi connectivity index (χ0n) is 18.0. The van der Waals surface area contributed by atoms with Crippen molar-refractivity contribution in [3.8, 4) is 0 Å². The third kappa shape index (κ3) is 6.34. The fourth-order valence-corrected chi connectivity index (χ4v) is 6.08. The van der Waals surface area contributed by atoms with Crippen LogP contribution in [-0.4, -0.2) is 104 Å². The van der Waals surface area contributed by atoms with E-state index in [4.69, 9.17) is 9.47 Å². The minimum absolute atomic E-state index is 0.176. The minimum atomic E-state index is -1.36. The third-order valence-corrected chi connectivity index (χ3v) is 8.68. The molecule has 3 rings (SSSR count). The van der Waals surface area contributed by atoms with Crippen molar-refractivity contribution in [1.29, 1.82) is 0 Å². The second-order valence-corrected chi connectivity index (χ2v) is 12.6. The first kappa shape index (κ1) is 24.8. The maximum Gasteiger partial charge on any atom is 0.136 e. The van der Waals surface area contributed by atoms with Crippen LogP contribution >= 0.6 is 11.8 Å². The van der Waals surface area contributed by atoms with Gasteiger partial charge in [0.15, 0.2) is 0 Å². The Morgan fingerprint density at radius 2 is 1.77 bits per heavy atom. The number of hydrogen-bond acceptors (Lipinski definition) is 9. The maximum atomic E-state index is 12.7. The smallest absolute Gasteiger partial charge is 0.136 e. The summed E-state index contributed by atoms with van der Waals surface area (Å²) in [6.07, 6.45) is 0.893. The van der Waals surface area contributed by atoms with Crippen LogP contribution in [0.2, 0.25) is 0 Å². The molecular formula is C20H36N2O6S2. The van der Waals surface area contributed by atoms with E-state index >= 15 is 0 Å². The number of thioether (sulfide) groups is 1. The summed E-state index contributed by atoms with van der Waals surface area (Å²) in [5.74, 6) is 0. The number of allylic oxidation sites excluding steroid dienone is 1. The molecule has 2 bridgehead atoms. The van der Waals surface area contributed by atoms with E-state index in [1.54, 1.807) is 0 Å². The van der Waals surface area contributed by atoms with Crippen molar-refractivity contribution in [2.24, 2.45) is 0 Å². The van der Waals surface area contributed by atoms with Crippen LogP contribution in [0, 0.1) is 0 Å². The predicted molar refractivity (Wildman–Crippen MR) is 119 cm³/mol. The van der Waals surface area contributed by atoms with Gasteiger partial charge in [-0.15, -0.1) is 16.5 Å². The average Bonchev–Trinajstić information content (AvgIpc) is 2.70. The average molecular weight is 465 g/mol. The molecular weight excluding hydrogens is 428 g/mol. The molecule has 10 heteroatoms. The number of nitrogens with zero attached hydrogens (tertiary/aromatic N) is 1. The second kappa shape index (κ2) is 10.8. The van der Waals surface area contributed by atoms with Gasteiger partial charge in [0.05, 0.1) is 19.3 Å². The lowest BCUT2D eigenvalue weighted by atomic mass is 9.93. The highest BCUT2D eigenvalue weighted by atomic mass is 32.2. The van der Waals surface area contributed by atoms with Crippen molar-refractivity contribution in [3.05, 3.63) is 12.2 Å². The number of hydrogen-bond donors (Lipinski definition) is 4. The molecule has 0 radical (unpaired) electrons. The van der Waals surface area contributed by atoms with E-state index in [2.05, 4.69) is 15.7 Å². The molecule has 0 saturated carbocycles. The van der Waals surface area contributed by atoms with Crippen LogP contribution in [0.5, 0.6) is 0 Å². The van der Waals surface area contributed by atoms with Crippen molar-refractivity contribution >= 4 is 23.1 Å². The van der Waals surface area contributed by atoms with E-state index < -0.39 is 52.0 Å². The summed E-state index contributed by atoms with van der Waals surface area (Å²) in [6, 6.07) is -0.447. The fraction of sp³-hybridized carbons (Fsp3) is 0.900. The van der Waals surface area contributed by atoms with Crippen molar-refractivity contribution < 1.29 is 29.3 Å². The van der Waals surface area contributed by atoms with Gasteiger partial charge >= 0.3 is 0 Å². The van der Waals surface area contributed by atoms with Crippen molar-refractivity contribution in [1.82, 2.24) is 9.62 Å². The molecule has 0 aromatic heterocycles. The molecule has 2 saturated heterocycles. The molecule has 0 aromatic carbocycles. The molecule has 0 aliphatic carbocycles. The number of ether oxygens (including phenoxy) is 2. The van der Waals surface area contributed by atoms with E-state index in [9.17, 15) is 19.9 Å². The zero-order valence-corrected chi connectivity index (χ0v) is 19.6. The highest BCUT2D eigenvalue weighted by Gasteiger charge is 2.48. The van der Waals surface area contributed by atoms with E-state index in [0.717, 1.165) is 39.3 Å². The van der Waals surface area contributed by atoms with Crippen LogP contribution in [0.4, 0.5) is 0 Å². The number of nitrogens with one attached hydrogen (secondary N) is 1. The lowest BCUT2D eigenvalue weighted by Crippen LogP contribution is -2.63. The first-order valence-electron chi connectivity index (χ1n) is 10.6. The Labute approximate surface area is 186 Å². The monoisotopic (exact) mass is 464 g/mol. The number of rotatable bonds is 4. The van der Waals surface area contributed by atoms with E-state index in [1.165, 1.54) is 11.8 Å². The molecule has 8 atom stereocenters. The topological polar surface area (TPSA) is 117 Å². The molecule has 174 valence electrons. The van der Waals surface area contributed by atoms with Gasteiger partial charge in [-0.3, -0.25) is 4.90 Å². The molecule has 2 fully saturated rings. The van der Waals surface area contributed by atoms with Gasteiger partial charge in [0.2, 0.25) is 0 Å². The lowest BCUT2D eigenvalue weighted by Gasteiger charge is -2.45. The van der Waals surface area contributed by atoms with Crippen LogP contribution in [0.3, 0.4) is 0 Å². The summed E-state index contributed by atoms with van der Waals surface area (Å²) in [4.78, 5) is 2.34. The van der Waals surface area contributed by atoms with Crippen LogP contribution in [0.1, 0.15) is 33.6 Å². The predicted octanol–water partition coefficient (Wildman–Crippen LogP) is -0.00160. The van der Waals surface area contributed by atoms with Gasteiger partial charge in [-0.05, 0) is 33.6 Å². The summed E-state index contributed by atoms with van der Waals surface area (Å²) >= 11 is 0.137. The van der Waals surface area contributed by atoms with Crippen LogP contribution in [0.15, 0.2) is 12.2 Å². The van der Waals surface area contributed by atoms with Crippen molar-refractivity contribution in [2.45, 2.75) is 79.5 Å². The van der Waals surface area contributed by atoms with Gasteiger partial charge < -0.3 is 29.3 Å². The molecule has 3 heterocycles. The van der Waals surface area contributed by atoms with E-state index in [0.29, 0.717) is 6.42 Å². The van der Waals surface area contributed by atoms with E-state index in [1.807, 2.05) is 26.8 Å². The normalized spacial score (nSPS) is 40.2. The summed E-state index contributed by atoms with van der Waals surface area (Å²) < 4.78 is 26.8. The lowest BCUT2D eigenvalue weighted by molar-refractivity contribution is -0.203. The molecule has 3 aliphatic heterocycles. The van der Waals surface area contributed by atoms with Gasteiger partial charge in [-0.25, -0.2) is 0 Å². The zero-order chi connectivity index (χ0) is 21.9. The highest BCUT2D eigenvalue weighted by molar-refractivity contribution is 8.00. The summed E-state index contributed by atoms with van der Waals surface area (Å²) in [7, 11) is 0. The van der Waals surface area contributed by atoms with Crippen LogP contribution in [0.25, 0.3) is 0 Å². The Morgan fingerprint density at radius 1 is 1.10 bits per heavy atom.